The van der Waals surface area contributed by atoms with Crippen LogP contribution in [0.5, 0.6) is 11.6 Å². The van der Waals surface area contributed by atoms with Gasteiger partial charge in [0.1, 0.15) is 23.2 Å². The molecule has 27 heavy (non-hydrogen) atoms. The average Bonchev–Trinajstić information content (AvgIpc) is 3.09. The second kappa shape index (κ2) is 6.53. The molecule has 0 aromatic carbocycles. The van der Waals surface area contributed by atoms with Crippen molar-refractivity contribution in [3.63, 3.8) is 0 Å². The molecule has 3 aromatic rings. The fourth-order valence-corrected chi connectivity index (χ4v) is 2.98. The predicted octanol–water partition coefficient (Wildman–Crippen LogP) is 3.21. The predicted molar refractivity (Wildman–Crippen MR) is 97.6 cm³/mol. The highest BCUT2D eigenvalue weighted by atomic mass is 16.6. The van der Waals surface area contributed by atoms with Crippen LogP contribution >= 0.6 is 0 Å². The molecule has 0 atom stereocenters. The molecular formula is C19H21N5O3. The monoisotopic (exact) mass is 367 g/mol. The highest BCUT2D eigenvalue weighted by molar-refractivity contribution is 5.68. The highest BCUT2D eigenvalue weighted by Crippen LogP contribution is 2.27. The van der Waals surface area contributed by atoms with Crippen molar-refractivity contribution in [3.8, 4) is 11.6 Å². The molecule has 0 aliphatic carbocycles. The maximum absolute atomic E-state index is 12.3. The number of amides is 1. The number of pyridine rings is 1. The standard InChI is InChI=1S/C19H21N5O3/c1-19(2,3)27-18(25)23-8-6-15-13(11-23)9-14(10-20-15)26-17-16-5-4-7-24(16)22-12-21-17/h4-5,7,9-10,12H,6,8,11H2,1-3H3. The van der Waals surface area contributed by atoms with Gasteiger partial charge in [-0.2, -0.15) is 10.1 Å². The number of carbonyl (C=O) groups is 1. The SMILES string of the molecule is CC(C)(C)OC(=O)N1CCc2ncc(Oc3ncnn4cccc34)cc2C1. The fraction of sp³-hybridized carbons (Fsp3) is 0.368. The molecule has 0 bridgehead atoms. The molecule has 0 N–H and O–H groups in total. The summed E-state index contributed by atoms with van der Waals surface area (Å²) in [6, 6.07) is 5.66. The van der Waals surface area contributed by atoms with Gasteiger partial charge in [0.25, 0.3) is 0 Å². The van der Waals surface area contributed by atoms with Crippen molar-refractivity contribution in [1.29, 1.82) is 0 Å². The molecule has 140 valence electrons. The molecule has 1 amide bonds. The Balaban J connectivity index is 1.54. The summed E-state index contributed by atoms with van der Waals surface area (Å²) >= 11 is 0. The molecular weight excluding hydrogens is 346 g/mol. The van der Waals surface area contributed by atoms with E-state index >= 15 is 0 Å². The summed E-state index contributed by atoms with van der Waals surface area (Å²) in [7, 11) is 0. The van der Waals surface area contributed by atoms with E-state index in [9.17, 15) is 4.79 Å². The summed E-state index contributed by atoms with van der Waals surface area (Å²) in [4.78, 5) is 22.7. The van der Waals surface area contributed by atoms with E-state index in [2.05, 4.69) is 15.1 Å². The number of hydrogen-bond donors (Lipinski definition) is 0. The molecule has 0 saturated carbocycles. The van der Waals surface area contributed by atoms with E-state index in [0.29, 0.717) is 31.1 Å². The smallest absolute Gasteiger partial charge is 0.410 e. The lowest BCUT2D eigenvalue weighted by Crippen LogP contribution is -2.40. The largest absolute Gasteiger partial charge is 0.444 e. The molecule has 0 unspecified atom stereocenters. The molecule has 1 aliphatic heterocycles. The van der Waals surface area contributed by atoms with Gasteiger partial charge in [-0.05, 0) is 44.5 Å². The molecule has 0 radical (unpaired) electrons. The maximum atomic E-state index is 12.3. The van der Waals surface area contributed by atoms with Gasteiger partial charge in [0.15, 0.2) is 0 Å². The van der Waals surface area contributed by atoms with Crippen molar-refractivity contribution < 1.29 is 14.3 Å². The second-order valence-corrected chi connectivity index (χ2v) is 7.43. The van der Waals surface area contributed by atoms with Crippen molar-refractivity contribution >= 4 is 11.6 Å². The van der Waals surface area contributed by atoms with Crippen LogP contribution in [0.15, 0.2) is 36.9 Å². The van der Waals surface area contributed by atoms with Crippen molar-refractivity contribution in [2.75, 3.05) is 6.54 Å². The van der Waals surface area contributed by atoms with E-state index in [1.165, 1.54) is 6.33 Å². The maximum Gasteiger partial charge on any atom is 0.410 e. The van der Waals surface area contributed by atoms with E-state index < -0.39 is 5.60 Å². The van der Waals surface area contributed by atoms with Crippen molar-refractivity contribution in [1.82, 2.24) is 24.5 Å². The van der Waals surface area contributed by atoms with E-state index in [0.717, 1.165) is 16.8 Å². The number of aromatic nitrogens is 4. The average molecular weight is 367 g/mol. The Morgan fingerprint density at radius 2 is 2.11 bits per heavy atom. The Kier molecular flexibility index (Phi) is 4.18. The van der Waals surface area contributed by atoms with Gasteiger partial charge in [-0.1, -0.05) is 0 Å². The van der Waals surface area contributed by atoms with Crippen LogP contribution in [0.25, 0.3) is 5.52 Å². The van der Waals surface area contributed by atoms with Gasteiger partial charge in [0.05, 0.1) is 12.7 Å². The Hall–Kier alpha value is -3.16. The third-order valence-electron chi connectivity index (χ3n) is 4.18. The first-order chi connectivity index (χ1) is 12.9. The summed E-state index contributed by atoms with van der Waals surface area (Å²) in [6.07, 6.45) is 5.33. The number of ether oxygens (including phenoxy) is 2. The van der Waals surface area contributed by atoms with Crippen LogP contribution in [0.2, 0.25) is 0 Å². The third-order valence-corrected chi connectivity index (χ3v) is 4.18. The Morgan fingerprint density at radius 3 is 2.93 bits per heavy atom. The minimum atomic E-state index is -0.518. The first-order valence-corrected chi connectivity index (χ1v) is 8.81. The summed E-state index contributed by atoms with van der Waals surface area (Å²) in [5.41, 5.74) is 2.17. The van der Waals surface area contributed by atoms with Gasteiger partial charge < -0.3 is 14.4 Å². The third kappa shape index (κ3) is 3.69. The van der Waals surface area contributed by atoms with E-state index in [1.54, 1.807) is 15.6 Å². The van der Waals surface area contributed by atoms with Crippen molar-refractivity contribution in [2.45, 2.75) is 39.3 Å². The molecule has 0 fully saturated rings. The number of fused-ring (bicyclic) bond motifs is 2. The number of nitrogens with zero attached hydrogens (tertiary/aromatic N) is 5. The highest BCUT2D eigenvalue weighted by Gasteiger charge is 2.26. The van der Waals surface area contributed by atoms with Crippen molar-refractivity contribution in [3.05, 3.63) is 48.2 Å². The lowest BCUT2D eigenvalue weighted by Gasteiger charge is -2.30. The molecule has 0 spiro atoms. The zero-order valence-corrected chi connectivity index (χ0v) is 15.5. The Morgan fingerprint density at radius 1 is 1.26 bits per heavy atom. The van der Waals surface area contributed by atoms with Crippen LogP contribution in [0.4, 0.5) is 4.79 Å². The van der Waals surface area contributed by atoms with E-state index in [1.807, 2.05) is 45.2 Å². The van der Waals surface area contributed by atoms with Gasteiger partial charge in [0.2, 0.25) is 5.88 Å². The molecule has 4 heterocycles. The van der Waals surface area contributed by atoms with Crippen LogP contribution in [0.3, 0.4) is 0 Å². The van der Waals surface area contributed by atoms with Gasteiger partial charge in [-0.25, -0.2) is 9.31 Å². The normalized spacial score (nSPS) is 14.1. The minimum Gasteiger partial charge on any atom is -0.444 e. The Bertz CT molecular complexity index is 992. The molecule has 4 rings (SSSR count). The zero-order valence-electron chi connectivity index (χ0n) is 15.5. The van der Waals surface area contributed by atoms with Gasteiger partial charge in [-0.3, -0.25) is 4.98 Å². The van der Waals surface area contributed by atoms with Crippen molar-refractivity contribution in [2.24, 2.45) is 0 Å². The minimum absolute atomic E-state index is 0.315. The summed E-state index contributed by atoms with van der Waals surface area (Å²) < 4.78 is 13.1. The first-order valence-electron chi connectivity index (χ1n) is 8.81. The number of carbonyl (C=O) groups excluding carboxylic acids is 1. The fourth-order valence-electron chi connectivity index (χ4n) is 2.98. The molecule has 8 heteroatoms. The first kappa shape index (κ1) is 17.3. The Labute approximate surface area is 156 Å². The van der Waals surface area contributed by atoms with E-state index in [-0.39, 0.29) is 6.09 Å². The van der Waals surface area contributed by atoms with Crippen LogP contribution in [-0.2, 0) is 17.7 Å². The molecule has 0 saturated heterocycles. The molecule has 3 aromatic heterocycles. The number of rotatable bonds is 2. The molecule has 8 nitrogen and oxygen atoms in total. The van der Waals surface area contributed by atoms with Gasteiger partial charge in [0, 0.05) is 24.9 Å². The zero-order chi connectivity index (χ0) is 19.0. The number of hydrogen-bond acceptors (Lipinski definition) is 6. The summed E-state index contributed by atoms with van der Waals surface area (Å²) in [5.74, 6) is 1.03. The van der Waals surface area contributed by atoms with Gasteiger partial charge in [-0.15, -0.1) is 0 Å². The summed E-state index contributed by atoms with van der Waals surface area (Å²) in [6.45, 7) is 6.62. The van der Waals surface area contributed by atoms with Gasteiger partial charge >= 0.3 is 6.09 Å². The van der Waals surface area contributed by atoms with Crippen LogP contribution in [0, 0.1) is 0 Å². The topological polar surface area (TPSA) is 81.8 Å². The quantitative estimate of drug-likeness (QED) is 0.692. The lowest BCUT2D eigenvalue weighted by atomic mass is 10.1. The van der Waals surface area contributed by atoms with Crippen LogP contribution < -0.4 is 4.74 Å². The lowest BCUT2D eigenvalue weighted by molar-refractivity contribution is 0.0222. The summed E-state index contributed by atoms with van der Waals surface area (Å²) in [5, 5.41) is 4.12. The second-order valence-electron chi connectivity index (χ2n) is 7.43. The van der Waals surface area contributed by atoms with Crippen LogP contribution in [0.1, 0.15) is 32.0 Å². The van der Waals surface area contributed by atoms with Crippen LogP contribution in [-0.4, -0.2) is 42.7 Å². The van der Waals surface area contributed by atoms with E-state index in [4.69, 9.17) is 9.47 Å². The molecule has 1 aliphatic rings.